The molecular weight excluding hydrogens is 363 g/mol. The zero-order valence-electron chi connectivity index (χ0n) is 11.3. The smallest absolute Gasteiger partial charge is 0.251 e. The van der Waals surface area contributed by atoms with Crippen molar-refractivity contribution in [2.24, 2.45) is 0 Å². The molecule has 0 fully saturated rings. The highest BCUT2D eigenvalue weighted by atomic mass is 127. The van der Waals surface area contributed by atoms with E-state index in [1.165, 1.54) is 3.57 Å². The minimum atomic E-state index is -0.316. The van der Waals surface area contributed by atoms with Crippen LogP contribution in [0.4, 0.5) is 11.4 Å². The van der Waals surface area contributed by atoms with Gasteiger partial charge in [0, 0.05) is 20.5 Å². The number of hydrogen-bond donors (Lipinski definition) is 2. The Morgan fingerprint density at radius 2 is 1.95 bits per heavy atom. The Labute approximate surface area is 131 Å². The van der Waals surface area contributed by atoms with E-state index in [9.17, 15) is 4.79 Å². The molecule has 1 aliphatic heterocycles. The molecule has 4 heteroatoms. The summed E-state index contributed by atoms with van der Waals surface area (Å²) in [5, 5.41) is 6.28. The van der Waals surface area contributed by atoms with E-state index in [0.29, 0.717) is 0 Å². The number of nitrogens with one attached hydrogen (secondary N) is 2. The van der Waals surface area contributed by atoms with Gasteiger partial charge in [0.1, 0.15) is 6.04 Å². The third-order valence-corrected chi connectivity index (χ3v) is 4.20. The van der Waals surface area contributed by atoms with Crippen molar-refractivity contribution in [2.45, 2.75) is 19.9 Å². The van der Waals surface area contributed by atoms with Crippen LogP contribution in [0.1, 0.15) is 22.7 Å². The Bertz CT molecular complexity index is 697. The molecule has 20 heavy (non-hydrogen) atoms. The molecule has 1 atom stereocenters. The van der Waals surface area contributed by atoms with E-state index in [-0.39, 0.29) is 11.9 Å². The van der Waals surface area contributed by atoms with Crippen molar-refractivity contribution < 1.29 is 4.79 Å². The van der Waals surface area contributed by atoms with E-state index in [4.69, 9.17) is 0 Å². The minimum Gasteiger partial charge on any atom is -0.370 e. The Balaban J connectivity index is 1.95. The molecule has 0 bridgehead atoms. The topological polar surface area (TPSA) is 41.1 Å². The predicted molar refractivity (Wildman–Crippen MR) is 90.1 cm³/mol. The number of rotatable bonds is 2. The maximum Gasteiger partial charge on any atom is 0.251 e. The molecule has 2 aromatic rings. The molecular formula is C16H15IN2O. The lowest BCUT2D eigenvalue weighted by molar-refractivity contribution is -0.116. The normalized spacial score (nSPS) is 16.8. The Morgan fingerprint density at radius 3 is 2.70 bits per heavy atom. The van der Waals surface area contributed by atoms with Crippen molar-refractivity contribution in [3.8, 4) is 0 Å². The highest BCUT2D eigenvalue weighted by Gasteiger charge is 2.30. The van der Waals surface area contributed by atoms with Gasteiger partial charge in [-0.2, -0.15) is 0 Å². The number of hydrogen-bond acceptors (Lipinski definition) is 2. The summed E-state index contributed by atoms with van der Waals surface area (Å²) in [5.74, 6) is 0.00329. The average Bonchev–Trinajstić information content (AvgIpc) is 2.69. The fraction of sp³-hybridized carbons (Fsp3) is 0.188. The lowest BCUT2D eigenvalue weighted by atomic mass is 10.0. The largest absolute Gasteiger partial charge is 0.370 e. The summed E-state index contributed by atoms with van der Waals surface area (Å²) in [5.41, 5.74) is 5.23. The van der Waals surface area contributed by atoms with Gasteiger partial charge in [0.2, 0.25) is 0 Å². The third kappa shape index (κ3) is 2.40. The number of aryl methyl sites for hydroxylation is 2. The van der Waals surface area contributed by atoms with Gasteiger partial charge in [-0.3, -0.25) is 4.79 Å². The van der Waals surface area contributed by atoms with Gasteiger partial charge in [-0.15, -0.1) is 0 Å². The first-order valence-electron chi connectivity index (χ1n) is 6.49. The van der Waals surface area contributed by atoms with Crippen molar-refractivity contribution in [3.63, 3.8) is 0 Å². The molecule has 2 N–H and O–H groups in total. The van der Waals surface area contributed by atoms with Crippen LogP contribution in [0.3, 0.4) is 0 Å². The molecule has 0 radical (unpaired) electrons. The SMILES string of the molecule is Cc1ccc2c(c1)C(Nc1ccc(I)cc1C)C(=O)N2. The monoisotopic (exact) mass is 378 g/mol. The summed E-state index contributed by atoms with van der Waals surface area (Å²) in [4.78, 5) is 12.2. The summed E-state index contributed by atoms with van der Waals surface area (Å²) >= 11 is 2.29. The summed E-state index contributed by atoms with van der Waals surface area (Å²) in [7, 11) is 0. The molecule has 1 aliphatic rings. The maximum absolute atomic E-state index is 12.2. The molecule has 0 aromatic heterocycles. The van der Waals surface area contributed by atoms with Crippen LogP contribution in [0.15, 0.2) is 36.4 Å². The molecule has 0 spiro atoms. The van der Waals surface area contributed by atoms with Gasteiger partial charge < -0.3 is 10.6 Å². The van der Waals surface area contributed by atoms with Crippen molar-refractivity contribution in [3.05, 3.63) is 56.7 Å². The van der Waals surface area contributed by atoms with Gasteiger partial charge in [0.05, 0.1) is 0 Å². The zero-order valence-corrected chi connectivity index (χ0v) is 13.5. The lowest BCUT2D eigenvalue weighted by Crippen LogP contribution is -2.20. The third-order valence-electron chi connectivity index (χ3n) is 3.53. The van der Waals surface area contributed by atoms with Crippen LogP contribution >= 0.6 is 22.6 Å². The Morgan fingerprint density at radius 1 is 1.15 bits per heavy atom. The molecule has 1 unspecified atom stereocenters. The maximum atomic E-state index is 12.2. The first-order valence-corrected chi connectivity index (χ1v) is 7.56. The van der Waals surface area contributed by atoms with E-state index in [1.54, 1.807) is 0 Å². The highest BCUT2D eigenvalue weighted by molar-refractivity contribution is 14.1. The second-order valence-electron chi connectivity index (χ2n) is 5.12. The van der Waals surface area contributed by atoms with Crippen LogP contribution in [0.5, 0.6) is 0 Å². The summed E-state index contributed by atoms with van der Waals surface area (Å²) in [6.07, 6.45) is 0. The Hall–Kier alpha value is -1.56. The highest BCUT2D eigenvalue weighted by Crippen LogP contribution is 2.34. The standard InChI is InChI=1S/C16H15IN2O/c1-9-3-5-14-12(7-9)15(16(20)19-14)18-13-6-4-11(17)8-10(13)2/h3-8,15,18H,1-2H3,(H,19,20). The van der Waals surface area contributed by atoms with Gasteiger partial charge >= 0.3 is 0 Å². The van der Waals surface area contributed by atoms with E-state index in [2.05, 4.69) is 52.3 Å². The second-order valence-corrected chi connectivity index (χ2v) is 6.36. The van der Waals surface area contributed by atoms with Crippen LogP contribution in [-0.4, -0.2) is 5.91 Å². The minimum absolute atomic E-state index is 0.00329. The molecule has 3 nitrogen and oxygen atoms in total. The van der Waals surface area contributed by atoms with Crippen molar-refractivity contribution in [1.82, 2.24) is 0 Å². The molecule has 2 aromatic carbocycles. The van der Waals surface area contributed by atoms with E-state index >= 15 is 0 Å². The number of benzene rings is 2. The lowest BCUT2D eigenvalue weighted by Gasteiger charge is -2.15. The first-order chi connectivity index (χ1) is 9.54. The van der Waals surface area contributed by atoms with Gasteiger partial charge in [-0.1, -0.05) is 17.7 Å². The number of anilines is 2. The number of carbonyl (C=O) groups is 1. The summed E-state index contributed by atoms with van der Waals surface area (Å²) in [6, 6.07) is 11.9. The van der Waals surface area contributed by atoms with Gasteiger partial charge in [-0.25, -0.2) is 0 Å². The average molecular weight is 378 g/mol. The van der Waals surface area contributed by atoms with Crippen molar-refractivity contribution >= 4 is 39.9 Å². The Kier molecular flexibility index (Phi) is 3.41. The van der Waals surface area contributed by atoms with Crippen LogP contribution in [0.25, 0.3) is 0 Å². The quantitative estimate of drug-likeness (QED) is 0.776. The van der Waals surface area contributed by atoms with Gasteiger partial charge in [0.15, 0.2) is 0 Å². The second kappa shape index (κ2) is 5.09. The number of halogens is 1. The molecule has 0 aliphatic carbocycles. The first kappa shape index (κ1) is 13.4. The van der Waals surface area contributed by atoms with Crippen LogP contribution in [-0.2, 0) is 4.79 Å². The molecule has 3 rings (SSSR count). The number of carbonyl (C=O) groups excluding carboxylic acids is 1. The molecule has 102 valence electrons. The fourth-order valence-electron chi connectivity index (χ4n) is 2.47. The van der Waals surface area contributed by atoms with E-state index in [1.807, 2.05) is 31.2 Å². The molecule has 1 heterocycles. The predicted octanol–water partition coefficient (Wildman–Crippen LogP) is 4.01. The summed E-state index contributed by atoms with van der Waals surface area (Å²) < 4.78 is 1.19. The van der Waals surface area contributed by atoms with E-state index < -0.39 is 0 Å². The zero-order chi connectivity index (χ0) is 14.3. The van der Waals surface area contributed by atoms with Crippen molar-refractivity contribution in [2.75, 3.05) is 10.6 Å². The van der Waals surface area contributed by atoms with Crippen molar-refractivity contribution in [1.29, 1.82) is 0 Å². The van der Waals surface area contributed by atoms with Gasteiger partial charge in [0.25, 0.3) is 5.91 Å². The number of amides is 1. The van der Waals surface area contributed by atoms with Crippen LogP contribution in [0.2, 0.25) is 0 Å². The van der Waals surface area contributed by atoms with Crippen LogP contribution < -0.4 is 10.6 Å². The van der Waals surface area contributed by atoms with Gasteiger partial charge in [-0.05, 0) is 66.3 Å². The fourth-order valence-corrected chi connectivity index (χ4v) is 3.12. The molecule has 1 amide bonds. The van der Waals surface area contributed by atoms with Crippen LogP contribution in [0, 0.1) is 17.4 Å². The number of fused-ring (bicyclic) bond motifs is 1. The van der Waals surface area contributed by atoms with E-state index in [0.717, 1.165) is 28.1 Å². The molecule has 0 saturated heterocycles. The molecule has 0 saturated carbocycles. The summed E-state index contributed by atoms with van der Waals surface area (Å²) in [6.45, 7) is 4.09.